The Hall–Kier alpha value is -0.650. The monoisotopic (exact) mass is 284 g/mol. The van der Waals surface area contributed by atoms with Crippen molar-refractivity contribution in [1.82, 2.24) is 20.2 Å². The third-order valence-electron chi connectivity index (χ3n) is 4.70. The normalized spacial score (nSPS) is 32.8. The van der Waals surface area contributed by atoms with Crippen molar-refractivity contribution in [3.63, 3.8) is 0 Å². The number of rotatable bonds is 6. The lowest BCUT2D eigenvalue weighted by atomic mass is 9.90. The van der Waals surface area contributed by atoms with Gasteiger partial charge in [-0.3, -0.25) is 4.90 Å². The Labute approximate surface area is 122 Å². The van der Waals surface area contributed by atoms with E-state index in [2.05, 4.69) is 47.5 Å². The minimum absolute atomic E-state index is 0.373. The van der Waals surface area contributed by atoms with Crippen LogP contribution in [0.25, 0.3) is 0 Å². The number of hydrazine groups is 1. The van der Waals surface area contributed by atoms with E-state index in [4.69, 9.17) is 0 Å². The molecule has 2 atom stereocenters. The minimum Gasteiger partial charge on any atom is -0.315 e. The molecule has 2 aliphatic rings. The summed E-state index contributed by atoms with van der Waals surface area (Å²) in [5.41, 5.74) is 0. The van der Waals surface area contributed by atoms with Gasteiger partial charge in [-0.05, 0) is 33.1 Å². The van der Waals surface area contributed by atoms with Gasteiger partial charge in [0.15, 0.2) is 0 Å². The summed E-state index contributed by atoms with van der Waals surface area (Å²) in [6, 6.07) is 0.934. The van der Waals surface area contributed by atoms with Crippen LogP contribution in [0.1, 0.15) is 33.1 Å². The molecule has 1 N–H and O–H groups in total. The van der Waals surface area contributed by atoms with Gasteiger partial charge >= 0.3 is 0 Å². The van der Waals surface area contributed by atoms with Crippen molar-refractivity contribution in [3.05, 3.63) is 12.3 Å². The van der Waals surface area contributed by atoms with Gasteiger partial charge in [-0.25, -0.2) is 9.40 Å². The maximum absolute atomic E-state index is 12.8. The molecule has 116 valence electrons. The van der Waals surface area contributed by atoms with E-state index in [1.165, 1.54) is 6.42 Å². The number of hydrogen-bond donors (Lipinski definition) is 1. The van der Waals surface area contributed by atoms with E-state index in [1.54, 1.807) is 0 Å². The van der Waals surface area contributed by atoms with Crippen LogP contribution in [-0.4, -0.2) is 66.5 Å². The molecule has 0 aromatic rings. The highest BCUT2D eigenvalue weighted by molar-refractivity contribution is 4.91. The smallest absolute Gasteiger partial charge is 0.103 e. The molecular weight excluding hydrogens is 255 g/mol. The van der Waals surface area contributed by atoms with Crippen LogP contribution in [0.2, 0.25) is 0 Å². The quantitative estimate of drug-likeness (QED) is 0.751. The van der Waals surface area contributed by atoms with Crippen molar-refractivity contribution < 1.29 is 4.39 Å². The van der Waals surface area contributed by atoms with Crippen LogP contribution in [0.5, 0.6) is 0 Å². The van der Waals surface area contributed by atoms with Crippen LogP contribution in [-0.2, 0) is 0 Å². The van der Waals surface area contributed by atoms with Gasteiger partial charge in [0, 0.05) is 45.5 Å². The first-order valence-electron chi connectivity index (χ1n) is 7.73. The van der Waals surface area contributed by atoms with Gasteiger partial charge in [0.25, 0.3) is 0 Å². The number of nitrogens with one attached hydrogen (secondary N) is 1. The minimum atomic E-state index is -0.565. The Balaban J connectivity index is 1.76. The molecule has 0 aromatic heterocycles. The number of likely N-dealkylation sites (tertiary alicyclic amines) is 1. The summed E-state index contributed by atoms with van der Waals surface area (Å²) < 4.78 is 12.8. The zero-order chi connectivity index (χ0) is 14.7. The highest BCUT2D eigenvalue weighted by Crippen LogP contribution is 2.25. The lowest BCUT2D eigenvalue weighted by Crippen LogP contribution is -2.51. The second-order valence-corrected chi connectivity index (χ2v) is 6.17. The predicted molar refractivity (Wildman–Crippen MR) is 80.8 cm³/mol. The van der Waals surface area contributed by atoms with Crippen molar-refractivity contribution >= 4 is 0 Å². The lowest BCUT2D eigenvalue weighted by molar-refractivity contribution is -0.0340. The van der Waals surface area contributed by atoms with Gasteiger partial charge in [-0.1, -0.05) is 6.08 Å². The molecule has 0 amide bonds. The van der Waals surface area contributed by atoms with Gasteiger partial charge in [-0.2, -0.15) is 0 Å². The Morgan fingerprint density at radius 2 is 2.00 bits per heavy atom. The van der Waals surface area contributed by atoms with Crippen molar-refractivity contribution in [2.45, 2.75) is 57.5 Å². The number of halogens is 1. The average Bonchev–Trinajstić information content (AvgIpc) is 2.84. The van der Waals surface area contributed by atoms with Crippen LogP contribution >= 0.6 is 0 Å². The fourth-order valence-electron chi connectivity index (χ4n) is 3.10. The first kappa shape index (κ1) is 15.7. The Kier molecular flexibility index (Phi) is 5.41. The second kappa shape index (κ2) is 6.87. The second-order valence-electron chi connectivity index (χ2n) is 6.17. The molecule has 1 saturated carbocycles. The number of allylic oxidation sites excluding steroid dienone is 1. The fraction of sp³-hybridized carbons (Fsp3) is 0.867. The van der Waals surface area contributed by atoms with E-state index >= 15 is 0 Å². The summed E-state index contributed by atoms with van der Waals surface area (Å²) >= 11 is 0. The molecule has 0 aromatic carbocycles. The maximum atomic E-state index is 12.8. The molecular formula is C15H29FN4. The van der Waals surface area contributed by atoms with E-state index in [0.717, 1.165) is 13.1 Å². The average molecular weight is 284 g/mol. The van der Waals surface area contributed by atoms with Crippen LogP contribution in [0.15, 0.2) is 12.3 Å². The van der Waals surface area contributed by atoms with E-state index in [9.17, 15) is 4.39 Å². The Morgan fingerprint density at radius 3 is 2.60 bits per heavy atom. The van der Waals surface area contributed by atoms with Gasteiger partial charge in [0.2, 0.25) is 0 Å². The molecule has 1 aliphatic carbocycles. The van der Waals surface area contributed by atoms with Crippen molar-refractivity contribution in [1.29, 1.82) is 0 Å². The molecule has 1 heterocycles. The highest BCUT2D eigenvalue weighted by Gasteiger charge is 2.34. The summed E-state index contributed by atoms with van der Waals surface area (Å²) in [5.74, 6) is 0. The van der Waals surface area contributed by atoms with Crippen LogP contribution in [0, 0.1) is 0 Å². The number of alkyl halides is 1. The van der Waals surface area contributed by atoms with Gasteiger partial charge in [0.1, 0.15) is 6.17 Å². The third kappa shape index (κ3) is 3.71. The van der Waals surface area contributed by atoms with E-state index in [-0.39, 0.29) is 0 Å². The van der Waals surface area contributed by atoms with Crippen molar-refractivity contribution in [2.24, 2.45) is 0 Å². The van der Waals surface area contributed by atoms with Crippen LogP contribution in [0.4, 0.5) is 4.39 Å². The van der Waals surface area contributed by atoms with E-state index < -0.39 is 6.17 Å². The van der Waals surface area contributed by atoms with Crippen LogP contribution < -0.4 is 5.32 Å². The summed E-state index contributed by atoms with van der Waals surface area (Å²) in [5, 5.41) is 7.95. The lowest BCUT2D eigenvalue weighted by Gasteiger charge is -2.38. The summed E-state index contributed by atoms with van der Waals surface area (Å²) in [7, 11) is 4.18. The molecule has 5 heteroatoms. The first-order chi connectivity index (χ1) is 9.51. The standard InChI is InChI=1S/C15H29FN4/c1-5-7-18(3)19(4)12(2)20-8-6-14(11-20)17-15-9-13(16)10-15/h5,7,12-15,17H,6,8-11H2,1-4H3/b7-5+. The van der Waals surface area contributed by atoms with Crippen molar-refractivity contribution in [3.8, 4) is 0 Å². The predicted octanol–water partition coefficient (Wildman–Crippen LogP) is 1.81. The Bertz CT molecular complexity index is 330. The molecule has 4 nitrogen and oxygen atoms in total. The van der Waals surface area contributed by atoms with E-state index in [1.807, 2.05) is 13.0 Å². The first-order valence-corrected chi connectivity index (χ1v) is 7.73. The number of nitrogens with zero attached hydrogens (tertiary/aromatic N) is 3. The summed E-state index contributed by atoms with van der Waals surface area (Å²) in [6.45, 7) is 6.44. The topological polar surface area (TPSA) is 21.8 Å². The largest absolute Gasteiger partial charge is 0.315 e. The number of hydrogen-bond acceptors (Lipinski definition) is 4. The molecule has 2 fully saturated rings. The molecule has 0 radical (unpaired) electrons. The molecule has 20 heavy (non-hydrogen) atoms. The summed E-state index contributed by atoms with van der Waals surface area (Å²) in [6.07, 6.45) is 6.49. The van der Waals surface area contributed by atoms with E-state index in [0.29, 0.717) is 31.1 Å². The van der Waals surface area contributed by atoms with Gasteiger partial charge in [-0.15, -0.1) is 0 Å². The SMILES string of the molecule is C/C=C/N(C)N(C)C(C)N1CCC(NC2CC(F)C2)C1. The molecule has 1 saturated heterocycles. The van der Waals surface area contributed by atoms with Crippen LogP contribution in [0.3, 0.4) is 0 Å². The molecule has 2 rings (SSSR count). The van der Waals surface area contributed by atoms with Gasteiger partial charge in [0.05, 0.1) is 6.17 Å². The molecule has 1 aliphatic heterocycles. The molecule has 0 spiro atoms. The zero-order valence-corrected chi connectivity index (χ0v) is 13.2. The third-order valence-corrected chi connectivity index (χ3v) is 4.70. The molecule has 2 unspecified atom stereocenters. The fourth-order valence-corrected chi connectivity index (χ4v) is 3.10. The zero-order valence-electron chi connectivity index (χ0n) is 13.2. The maximum Gasteiger partial charge on any atom is 0.103 e. The Morgan fingerprint density at radius 1 is 1.30 bits per heavy atom. The van der Waals surface area contributed by atoms with Gasteiger partial charge < -0.3 is 10.3 Å². The van der Waals surface area contributed by atoms with Crippen molar-refractivity contribution in [2.75, 3.05) is 27.2 Å². The highest BCUT2D eigenvalue weighted by atomic mass is 19.1. The molecule has 0 bridgehead atoms. The summed E-state index contributed by atoms with van der Waals surface area (Å²) in [4.78, 5) is 2.49.